The van der Waals surface area contributed by atoms with Gasteiger partial charge in [0.05, 0.1) is 28.5 Å². The molecular weight excluding hydrogens is 637 g/mol. The molecule has 4 aliphatic rings. The number of carbonyl (C=O) groups is 3. The third-order valence-corrected chi connectivity index (χ3v) is 11.4. The lowest BCUT2D eigenvalue weighted by atomic mass is 9.79. The van der Waals surface area contributed by atoms with Crippen molar-refractivity contribution in [3.8, 4) is 0 Å². The molecule has 1 aromatic carbocycles. The number of aliphatic carboxylic acids is 2. The number of nitrogens with one attached hydrogen (secondary N) is 1. The highest BCUT2D eigenvalue weighted by Crippen LogP contribution is 2.45. The minimum Gasteiger partial charge on any atom is -0.478 e. The third-order valence-electron chi connectivity index (χ3n) is 9.94. The van der Waals surface area contributed by atoms with Gasteiger partial charge in [-0.1, -0.05) is 29.3 Å². The van der Waals surface area contributed by atoms with E-state index in [2.05, 4.69) is 27.1 Å². The van der Waals surface area contributed by atoms with Crippen molar-refractivity contribution in [2.24, 2.45) is 0 Å². The van der Waals surface area contributed by atoms with Gasteiger partial charge in [0.25, 0.3) is 0 Å². The van der Waals surface area contributed by atoms with Crippen LogP contribution in [0.5, 0.6) is 0 Å². The molecule has 240 valence electrons. The average molecular weight is 675 g/mol. The molecule has 3 fully saturated rings. The Labute approximate surface area is 276 Å². The number of hydrogen-bond acceptors (Lipinski definition) is 8. The van der Waals surface area contributed by atoms with Crippen LogP contribution in [0.15, 0.2) is 52.3 Å². The highest BCUT2D eigenvalue weighted by atomic mass is 35.5. The van der Waals surface area contributed by atoms with E-state index in [4.69, 9.17) is 23.2 Å². The molecular formula is C32H37Cl2N5O5S. The molecule has 2 bridgehead atoms. The fraction of sp³-hybridized carbons (Fsp3) is 0.500. The Morgan fingerprint density at radius 2 is 1.56 bits per heavy atom. The molecule has 1 aromatic heterocycles. The number of carboxylic acid groups (broad SMARTS) is 2. The van der Waals surface area contributed by atoms with E-state index in [1.165, 1.54) is 24.2 Å². The SMILES string of the molecule is CN1[C@@H]2CC[C@H]1C[C@@H](N1CCN(C(=O)CC3=C(C(=O)O)C(c4c(Cl)cccc4Cl)C(C(=O)O)=C(CCc4nccs4)N3)CC1)C2. The van der Waals surface area contributed by atoms with Crippen LogP contribution in [0.2, 0.25) is 10.0 Å². The summed E-state index contributed by atoms with van der Waals surface area (Å²) in [5.74, 6) is -4.12. The fourth-order valence-electron chi connectivity index (χ4n) is 7.62. The molecule has 4 aliphatic heterocycles. The fourth-order valence-corrected chi connectivity index (χ4v) is 8.85. The Kier molecular flexibility index (Phi) is 9.54. The van der Waals surface area contributed by atoms with Crippen LogP contribution in [0.3, 0.4) is 0 Å². The number of carbonyl (C=O) groups excluding carboxylic acids is 1. The first kappa shape index (κ1) is 32.0. The summed E-state index contributed by atoms with van der Waals surface area (Å²) in [5.41, 5.74) is 0.259. The second kappa shape index (κ2) is 13.4. The van der Waals surface area contributed by atoms with Crippen LogP contribution in [-0.2, 0) is 20.8 Å². The summed E-state index contributed by atoms with van der Waals surface area (Å²) in [4.78, 5) is 50.6. The normalized spacial score (nSPS) is 25.9. The number of hydrogen-bond donors (Lipinski definition) is 3. The zero-order valence-corrected chi connectivity index (χ0v) is 27.4. The molecule has 13 heteroatoms. The van der Waals surface area contributed by atoms with E-state index in [1.54, 1.807) is 29.3 Å². The van der Waals surface area contributed by atoms with Crippen molar-refractivity contribution < 1.29 is 24.6 Å². The lowest BCUT2D eigenvalue weighted by molar-refractivity contribution is -0.133. The summed E-state index contributed by atoms with van der Waals surface area (Å²) in [6.07, 6.45) is 6.98. The van der Waals surface area contributed by atoms with E-state index < -0.39 is 17.9 Å². The van der Waals surface area contributed by atoms with Crippen molar-refractivity contribution in [1.29, 1.82) is 0 Å². The molecule has 0 radical (unpaired) electrons. The van der Waals surface area contributed by atoms with E-state index in [0.29, 0.717) is 43.3 Å². The van der Waals surface area contributed by atoms with Gasteiger partial charge in [-0.05, 0) is 51.3 Å². The molecule has 4 atom stereocenters. The molecule has 10 nitrogen and oxygen atoms in total. The molecule has 6 rings (SSSR count). The Bertz CT molecular complexity index is 1500. The number of benzene rings is 1. The summed E-state index contributed by atoms with van der Waals surface area (Å²) in [6, 6.07) is 6.53. The molecule has 45 heavy (non-hydrogen) atoms. The van der Waals surface area contributed by atoms with E-state index in [9.17, 15) is 24.6 Å². The molecule has 2 aromatic rings. The maximum atomic E-state index is 13.8. The Morgan fingerprint density at radius 3 is 2.13 bits per heavy atom. The topological polar surface area (TPSA) is 126 Å². The van der Waals surface area contributed by atoms with Crippen molar-refractivity contribution in [2.75, 3.05) is 33.2 Å². The third kappa shape index (κ3) is 6.51. The number of aryl methyl sites for hydroxylation is 1. The number of halogens is 2. The van der Waals surface area contributed by atoms with Crippen LogP contribution in [0.25, 0.3) is 0 Å². The van der Waals surface area contributed by atoms with E-state index in [-0.39, 0.29) is 51.2 Å². The number of dihydropyridines is 1. The van der Waals surface area contributed by atoms with Gasteiger partial charge < -0.3 is 25.3 Å². The molecule has 0 aliphatic carbocycles. The zero-order valence-electron chi connectivity index (χ0n) is 25.0. The van der Waals surface area contributed by atoms with Gasteiger partial charge in [-0.2, -0.15) is 0 Å². The zero-order chi connectivity index (χ0) is 31.8. The number of amides is 1. The largest absolute Gasteiger partial charge is 0.478 e. The van der Waals surface area contributed by atoms with Crippen LogP contribution >= 0.6 is 34.5 Å². The van der Waals surface area contributed by atoms with Crippen LogP contribution in [0.1, 0.15) is 55.0 Å². The monoisotopic (exact) mass is 673 g/mol. The van der Waals surface area contributed by atoms with E-state index in [1.807, 2.05) is 5.38 Å². The van der Waals surface area contributed by atoms with Gasteiger partial charge in [0.15, 0.2) is 0 Å². The highest BCUT2D eigenvalue weighted by Gasteiger charge is 2.43. The number of aromatic nitrogens is 1. The first-order valence-electron chi connectivity index (χ1n) is 15.4. The van der Waals surface area contributed by atoms with Gasteiger partial charge >= 0.3 is 11.9 Å². The predicted octanol–water partition coefficient (Wildman–Crippen LogP) is 4.61. The molecule has 3 saturated heterocycles. The summed E-state index contributed by atoms with van der Waals surface area (Å²) in [7, 11) is 2.23. The van der Waals surface area contributed by atoms with Crippen LogP contribution in [0, 0.1) is 0 Å². The standard InChI is InChI=1S/C32H37Cl2N5O5S/c1-37-18-5-6-19(37)16-20(15-18)38-10-12-39(13-11-38)26(40)17-24-29(32(43)44)30(27-21(33)3-2-4-22(27)34)28(31(41)42)23(36-24)7-8-25-35-9-14-45-25/h2-4,9,14,18-20,30,36H,5-8,10-13,15-17H2,1H3,(H,41,42)(H,43,44)/t18-,19+,20+,30?. The van der Waals surface area contributed by atoms with Crippen molar-refractivity contribution in [3.05, 3.63) is 72.9 Å². The van der Waals surface area contributed by atoms with E-state index in [0.717, 1.165) is 30.9 Å². The number of nitrogens with zero attached hydrogens (tertiary/aromatic N) is 4. The Morgan fingerprint density at radius 1 is 0.933 bits per heavy atom. The van der Waals surface area contributed by atoms with Crippen molar-refractivity contribution in [2.45, 2.75) is 69.0 Å². The molecule has 0 saturated carbocycles. The Balaban J connectivity index is 1.26. The summed E-state index contributed by atoms with van der Waals surface area (Å²) in [6.45, 7) is 2.67. The lowest BCUT2D eigenvalue weighted by Crippen LogP contribution is -2.56. The summed E-state index contributed by atoms with van der Waals surface area (Å²) >= 11 is 14.6. The van der Waals surface area contributed by atoms with Gasteiger partial charge in [0.2, 0.25) is 5.91 Å². The van der Waals surface area contributed by atoms with Gasteiger partial charge in [-0.25, -0.2) is 14.6 Å². The number of fused-ring (bicyclic) bond motifs is 2. The van der Waals surface area contributed by atoms with Crippen molar-refractivity contribution in [1.82, 2.24) is 25.0 Å². The van der Waals surface area contributed by atoms with Crippen LogP contribution in [0.4, 0.5) is 0 Å². The number of rotatable bonds is 9. The number of piperazine rings is 1. The van der Waals surface area contributed by atoms with Crippen molar-refractivity contribution >= 4 is 52.4 Å². The smallest absolute Gasteiger partial charge is 0.334 e. The number of carboxylic acids is 2. The first-order valence-corrected chi connectivity index (χ1v) is 17.0. The van der Waals surface area contributed by atoms with E-state index >= 15 is 0 Å². The highest BCUT2D eigenvalue weighted by molar-refractivity contribution is 7.09. The second-order valence-corrected chi connectivity index (χ2v) is 14.1. The second-order valence-electron chi connectivity index (χ2n) is 12.3. The summed E-state index contributed by atoms with van der Waals surface area (Å²) in [5, 5.41) is 27.0. The first-order chi connectivity index (χ1) is 21.6. The molecule has 0 spiro atoms. The molecule has 1 amide bonds. The number of allylic oxidation sites excluding steroid dienone is 1. The van der Waals surface area contributed by atoms with Gasteiger partial charge in [0, 0.05) is 89.3 Å². The van der Waals surface area contributed by atoms with Gasteiger partial charge in [0.1, 0.15) is 0 Å². The lowest BCUT2D eigenvalue weighted by Gasteiger charge is -2.45. The molecule has 1 unspecified atom stereocenters. The minimum absolute atomic E-state index is 0.148. The van der Waals surface area contributed by atoms with Crippen LogP contribution in [-0.4, -0.2) is 99.1 Å². The molecule has 5 heterocycles. The van der Waals surface area contributed by atoms with Crippen molar-refractivity contribution in [3.63, 3.8) is 0 Å². The number of thiazole rings is 1. The van der Waals surface area contributed by atoms with Gasteiger partial charge in [-0.15, -0.1) is 11.3 Å². The average Bonchev–Trinajstić information content (AvgIpc) is 3.58. The maximum Gasteiger partial charge on any atom is 0.334 e. The summed E-state index contributed by atoms with van der Waals surface area (Å²) < 4.78 is 0. The number of piperidine rings is 1. The minimum atomic E-state index is -1.34. The molecule has 3 N–H and O–H groups in total. The van der Waals surface area contributed by atoms with Gasteiger partial charge in [-0.3, -0.25) is 9.69 Å². The Hall–Kier alpha value is -2.96. The quantitative estimate of drug-likeness (QED) is 0.350. The maximum absolute atomic E-state index is 13.8. The predicted molar refractivity (Wildman–Crippen MR) is 172 cm³/mol. The van der Waals surface area contributed by atoms with Crippen LogP contribution < -0.4 is 5.32 Å².